The van der Waals surface area contributed by atoms with Crippen molar-refractivity contribution < 1.29 is 4.79 Å². The van der Waals surface area contributed by atoms with Crippen LogP contribution in [0.1, 0.15) is 53.6 Å². The van der Waals surface area contributed by atoms with E-state index in [9.17, 15) is 4.79 Å². The highest BCUT2D eigenvalue weighted by Gasteiger charge is 2.17. The number of aryl methyl sites for hydroxylation is 2. The zero-order valence-corrected chi connectivity index (χ0v) is 14.9. The third-order valence-electron chi connectivity index (χ3n) is 3.20. The van der Waals surface area contributed by atoms with Gasteiger partial charge in [0.2, 0.25) is 0 Å². The van der Waals surface area contributed by atoms with Crippen molar-refractivity contribution in [1.82, 2.24) is 14.9 Å². The van der Waals surface area contributed by atoms with Crippen LogP contribution < -0.4 is 5.32 Å². The van der Waals surface area contributed by atoms with Crippen LogP contribution in [0.25, 0.3) is 0 Å². The number of carbonyl (C=O) groups excluding carboxylic acids is 1. The number of carbonyl (C=O) groups is 1. The minimum atomic E-state index is -0.0773. The van der Waals surface area contributed by atoms with Crippen LogP contribution in [-0.2, 0) is 13.0 Å². The van der Waals surface area contributed by atoms with Gasteiger partial charge in [-0.25, -0.2) is 4.98 Å². The molecule has 0 radical (unpaired) electrons. The Hall–Kier alpha value is -1.14. The second-order valence-electron chi connectivity index (χ2n) is 4.95. The highest BCUT2D eigenvalue weighted by molar-refractivity contribution is 9.10. The van der Waals surface area contributed by atoms with Gasteiger partial charge in [-0.15, -0.1) is 11.3 Å². The Morgan fingerprint density at radius 2 is 2.29 bits per heavy atom. The quantitative estimate of drug-likeness (QED) is 0.830. The van der Waals surface area contributed by atoms with Gasteiger partial charge in [-0.3, -0.25) is 4.79 Å². The molecule has 2 rings (SSSR count). The molecule has 0 aliphatic carbocycles. The summed E-state index contributed by atoms with van der Waals surface area (Å²) in [4.78, 5) is 18.1. The van der Waals surface area contributed by atoms with Crippen LogP contribution in [-0.4, -0.2) is 15.5 Å². The predicted molar refractivity (Wildman–Crippen MR) is 89.8 cm³/mol. The fourth-order valence-electron chi connectivity index (χ4n) is 2.11. The lowest BCUT2D eigenvalue weighted by Crippen LogP contribution is -2.28. The maximum Gasteiger partial charge on any atom is 0.268 e. The van der Waals surface area contributed by atoms with E-state index in [-0.39, 0.29) is 11.9 Å². The summed E-state index contributed by atoms with van der Waals surface area (Å²) in [7, 11) is 0. The van der Waals surface area contributed by atoms with E-state index in [1.807, 2.05) is 30.0 Å². The van der Waals surface area contributed by atoms with E-state index >= 15 is 0 Å². The minimum Gasteiger partial charge on any atom is -0.342 e. The molecule has 0 fully saturated rings. The normalized spacial score (nSPS) is 12.4. The van der Waals surface area contributed by atoms with Crippen LogP contribution in [0.15, 0.2) is 22.9 Å². The fourth-order valence-corrected chi connectivity index (χ4v) is 3.43. The molecule has 1 unspecified atom stereocenters. The van der Waals surface area contributed by atoms with Crippen molar-refractivity contribution >= 4 is 33.2 Å². The molecular formula is C15H20BrN3OS. The molecule has 0 saturated carbocycles. The van der Waals surface area contributed by atoms with Gasteiger partial charge in [0.1, 0.15) is 10.7 Å². The summed E-state index contributed by atoms with van der Waals surface area (Å²) in [6, 6.07) is 1.78. The van der Waals surface area contributed by atoms with Gasteiger partial charge < -0.3 is 9.88 Å². The first kappa shape index (κ1) is 16.2. The van der Waals surface area contributed by atoms with Crippen LogP contribution in [0.2, 0.25) is 0 Å². The third kappa shape index (κ3) is 3.95. The number of hydrogen-bond acceptors (Lipinski definition) is 3. The van der Waals surface area contributed by atoms with E-state index in [0.29, 0.717) is 5.69 Å². The van der Waals surface area contributed by atoms with E-state index in [2.05, 4.69) is 40.1 Å². The predicted octanol–water partition coefficient (Wildman–Crippen LogP) is 4.17. The molecule has 0 bridgehead atoms. The number of nitrogens with zero attached hydrogens (tertiary/aromatic N) is 2. The van der Waals surface area contributed by atoms with Gasteiger partial charge in [0.15, 0.2) is 0 Å². The highest BCUT2D eigenvalue weighted by Crippen LogP contribution is 2.21. The molecule has 114 valence electrons. The first-order valence-corrected chi connectivity index (χ1v) is 8.77. The van der Waals surface area contributed by atoms with Crippen LogP contribution in [0.4, 0.5) is 0 Å². The molecule has 2 heterocycles. The zero-order chi connectivity index (χ0) is 15.4. The molecule has 6 heteroatoms. The van der Waals surface area contributed by atoms with Gasteiger partial charge >= 0.3 is 0 Å². The van der Waals surface area contributed by atoms with Gasteiger partial charge in [-0.2, -0.15) is 0 Å². The Kier molecular flexibility index (Phi) is 5.58. The monoisotopic (exact) mass is 369 g/mol. The molecule has 0 aromatic carbocycles. The average Bonchev–Trinajstić information content (AvgIpc) is 3.05. The molecule has 21 heavy (non-hydrogen) atoms. The molecule has 0 aliphatic rings. The topological polar surface area (TPSA) is 46.9 Å². The molecule has 2 aromatic rings. The summed E-state index contributed by atoms with van der Waals surface area (Å²) in [5.74, 6) is -0.0603. The summed E-state index contributed by atoms with van der Waals surface area (Å²) in [6.07, 6.45) is 5.80. The Bertz CT molecular complexity index is 620. The van der Waals surface area contributed by atoms with E-state index < -0.39 is 0 Å². The fraction of sp³-hybridized carbons (Fsp3) is 0.467. The van der Waals surface area contributed by atoms with Gasteiger partial charge in [-0.1, -0.05) is 13.8 Å². The molecule has 4 nitrogen and oxygen atoms in total. The number of nitrogens with one attached hydrogen (secondary N) is 1. The molecule has 1 amide bonds. The van der Waals surface area contributed by atoms with E-state index in [4.69, 9.17) is 0 Å². The number of aromatic nitrogens is 2. The van der Waals surface area contributed by atoms with Crippen molar-refractivity contribution in [2.45, 2.75) is 46.2 Å². The summed E-state index contributed by atoms with van der Waals surface area (Å²) in [5.41, 5.74) is 0.683. The SMILES string of the molecule is CCCn1cc(Br)cc1C(=O)NC(C)c1ncc(CC)s1. The first-order valence-electron chi connectivity index (χ1n) is 7.16. The third-order valence-corrected chi connectivity index (χ3v) is 4.96. The van der Waals surface area contributed by atoms with E-state index in [1.165, 1.54) is 4.88 Å². The molecule has 0 spiro atoms. The maximum atomic E-state index is 12.4. The molecule has 0 saturated heterocycles. The summed E-state index contributed by atoms with van der Waals surface area (Å²) < 4.78 is 2.90. The van der Waals surface area contributed by atoms with Gasteiger partial charge in [-0.05, 0) is 41.8 Å². The lowest BCUT2D eigenvalue weighted by molar-refractivity contribution is 0.0930. The summed E-state index contributed by atoms with van der Waals surface area (Å²) in [5, 5.41) is 3.98. The standard InChI is InChI=1S/C15H20BrN3OS/c1-4-6-19-9-11(16)7-13(19)14(20)18-10(3)15-17-8-12(5-2)21-15/h7-10H,4-6H2,1-3H3,(H,18,20). The minimum absolute atomic E-state index is 0.0603. The number of amides is 1. The molecular weight excluding hydrogens is 350 g/mol. The van der Waals surface area contributed by atoms with Crippen molar-refractivity contribution in [1.29, 1.82) is 0 Å². The van der Waals surface area contributed by atoms with Gasteiger partial charge in [0.25, 0.3) is 5.91 Å². The van der Waals surface area contributed by atoms with E-state index in [1.54, 1.807) is 11.3 Å². The van der Waals surface area contributed by atoms with Crippen LogP contribution in [0, 0.1) is 0 Å². The van der Waals surface area contributed by atoms with Crippen LogP contribution in [0.3, 0.4) is 0 Å². The van der Waals surface area contributed by atoms with Gasteiger partial charge in [0.05, 0.1) is 6.04 Å². The smallest absolute Gasteiger partial charge is 0.268 e. The molecule has 2 aromatic heterocycles. The number of hydrogen-bond donors (Lipinski definition) is 1. The Morgan fingerprint density at radius 3 is 2.90 bits per heavy atom. The maximum absolute atomic E-state index is 12.4. The summed E-state index contributed by atoms with van der Waals surface area (Å²) in [6.45, 7) is 7.01. The van der Waals surface area contributed by atoms with E-state index in [0.717, 1.165) is 28.9 Å². The second-order valence-corrected chi connectivity index (χ2v) is 7.01. The first-order chi connectivity index (χ1) is 10.0. The lowest BCUT2D eigenvalue weighted by Gasteiger charge is -2.13. The van der Waals surface area contributed by atoms with Crippen molar-refractivity contribution in [3.8, 4) is 0 Å². The molecule has 1 atom stereocenters. The average molecular weight is 370 g/mol. The zero-order valence-electron chi connectivity index (χ0n) is 12.5. The molecule has 0 aliphatic heterocycles. The summed E-state index contributed by atoms with van der Waals surface area (Å²) >= 11 is 5.09. The van der Waals surface area contributed by atoms with Crippen molar-refractivity contribution in [3.63, 3.8) is 0 Å². The Morgan fingerprint density at radius 1 is 1.52 bits per heavy atom. The van der Waals surface area contributed by atoms with Crippen molar-refractivity contribution in [3.05, 3.63) is 38.5 Å². The number of halogens is 1. The van der Waals surface area contributed by atoms with Crippen molar-refractivity contribution in [2.75, 3.05) is 0 Å². The second kappa shape index (κ2) is 7.22. The number of thiazole rings is 1. The number of rotatable bonds is 6. The van der Waals surface area contributed by atoms with Crippen LogP contribution in [0.5, 0.6) is 0 Å². The Balaban J connectivity index is 2.10. The van der Waals surface area contributed by atoms with Crippen molar-refractivity contribution in [2.24, 2.45) is 0 Å². The Labute approximate surface area is 137 Å². The lowest BCUT2D eigenvalue weighted by atomic mass is 10.3. The van der Waals surface area contributed by atoms with Crippen LogP contribution >= 0.6 is 27.3 Å². The highest BCUT2D eigenvalue weighted by atomic mass is 79.9. The molecule has 1 N–H and O–H groups in total. The largest absolute Gasteiger partial charge is 0.342 e. The van der Waals surface area contributed by atoms with Gasteiger partial charge in [0, 0.05) is 28.3 Å².